The molecule has 2 aromatic heterocycles. The summed E-state index contributed by atoms with van der Waals surface area (Å²) in [6.07, 6.45) is 1.89. The third-order valence-corrected chi connectivity index (χ3v) is 4.34. The van der Waals surface area contributed by atoms with Crippen LogP contribution in [0.2, 0.25) is 0 Å². The van der Waals surface area contributed by atoms with Crippen molar-refractivity contribution in [1.29, 1.82) is 0 Å². The fourth-order valence-electron chi connectivity index (χ4n) is 2.54. The third-order valence-electron chi connectivity index (χ3n) is 3.37. The Morgan fingerprint density at radius 3 is 2.65 bits per heavy atom. The van der Waals surface area contributed by atoms with Gasteiger partial charge in [-0.25, -0.2) is 4.98 Å². The minimum atomic E-state index is -0.871. The number of aliphatic carboxylic acids is 1. The first-order valence-corrected chi connectivity index (χ1v) is 8.22. The van der Waals surface area contributed by atoms with Crippen LogP contribution in [0.1, 0.15) is 24.4 Å². The second kappa shape index (κ2) is 6.04. The largest absolute Gasteiger partial charge is 0.491 e. The van der Waals surface area contributed by atoms with Gasteiger partial charge in [0.2, 0.25) is 0 Å². The average molecular weight is 330 g/mol. The van der Waals surface area contributed by atoms with E-state index in [1.165, 1.54) is 0 Å². The Hall–Kier alpha value is -2.34. The van der Waals surface area contributed by atoms with Gasteiger partial charge < -0.3 is 9.84 Å². The van der Waals surface area contributed by atoms with E-state index in [2.05, 4.69) is 4.98 Å². The van der Waals surface area contributed by atoms with Crippen LogP contribution in [0.5, 0.6) is 5.75 Å². The SMILES string of the molecule is Cc1sc2nc(CC(=O)O)cn2c1-c1ccc(OC(C)C)cc1. The number of imidazole rings is 1. The van der Waals surface area contributed by atoms with Gasteiger partial charge in [0, 0.05) is 11.1 Å². The molecule has 0 amide bonds. The number of nitrogens with zero attached hydrogens (tertiary/aromatic N) is 2. The number of carbonyl (C=O) groups is 1. The van der Waals surface area contributed by atoms with Crippen LogP contribution in [-0.4, -0.2) is 26.6 Å². The Kier molecular flexibility index (Phi) is 4.09. The molecule has 3 rings (SSSR count). The summed E-state index contributed by atoms with van der Waals surface area (Å²) >= 11 is 1.56. The summed E-state index contributed by atoms with van der Waals surface area (Å²) in [6, 6.07) is 7.94. The van der Waals surface area contributed by atoms with Gasteiger partial charge in [0.05, 0.1) is 23.9 Å². The van der Waals surface area contributed by atoms with Crippen LogP contribution in [-0.2, 0) is 11.2 Å². The van der Waals surface area contributed by atoms with Crippen molar-refractivity contribution in [2.75, 3.05) is 0 Å². The second-order valence-electron chi connectivity index (χ2n) is 5.65. The molecule has 0 aliphatic heterocycles. The summed E-state index contributed by atoms with van der Waals surface area (Å²) in [7, 11) is 0. The van der Waals surface area contributed by atoms with Gasteiger partial charge in [0.15, 0.2) is 4.96 Å². The van der Waals surface area contributed by atoms with Crippen LogP contribution >= 0.6 is 11.3 Å². The topological polar surface area (TPSA) is 63.8 Å². The van der Waals surface area contributed by atoms with Crippen LogP contribution in [0.3, 0.4) is 0 Å². The first-order chi connectivity index (χ1) is 10.9. The molecule has 0 fully saturated rings. The molecule has 0 bridgehead atoms. The molecule has 0 aliphatic carbocycles. The minimum absolute atomic E-state index is 0.0615. The van der Waals surface area contributed by atoms with E-state index in [-0.39, 0.29) is 12.5 Å². The van der Waals surface area contributed by atoms with E-state index in [1.54, 1.807) is 17.5 Å². The van der Waals surface area contributed by atoms with Crippen molar-refractivity contribution in [2.24, 2.45) is 0 Å². The summed E-state index contributed by atoms with van der Waals surface area (Å²) in [5.41, 5.74) is 2.68. The highest BCUT2D eigenvalue weighted by Crippen LogP contribution is 2.32. The van der Waals surface area contributed by atoms with E-state index in [0.29, 0.717) is 5.69 Å². The number of aryl methyl sites for hydroxylation is 1. The molecule has 0 saturated carbocycles. The van der Waals surface area contributed by atoms with E-state index in [1.807, 2.05) is 49.4 Å². The molecular weight excluding hydrogens is 312 g/mol. The maximum absolute atomic E-state index is 10.9. The van der Waals surface area contributed by atoms with Crippen molar-refractivity contribution in [2.45, 2.75) is 33.3 Å². The average Bonchev–Trinajstić information content (AvgIpc) is 2.94. The van der Waals surface area contributed by atoms with Gasteiger partial charge in [-0.1, -0.05) is 0 Å². The van der Waals surface area contributed by atoms with E-state index in [4.69, 9.17) is 9.84 Å². The summed E-state index contributed by atoms with van der Waals surface area (Å²) in [5, 5.41) is 8.91. The molecule has 1 aromatic carbocycles. The fourth-order valence-corrected chi connectivity index (χ4v) is 3.53. The molecule has 0 atom stereocenters. The highest BCUT2D eigenvalue weighted by Gasteiger charge is 2.15. The van der Waals surface area contributed by atoms with Crippen LogP contribution < -0.4 is 4.74 Å². The highest BCUT2D eigenvalue weighted by molar-refractivity contribution is 7.17. The number of fused-ring (bicyclic) bond motifs is 1. The number of thiazole rings is 1. The number of hydrogen-bond donors (Lipinski definition) is 1. The molecule has 1 N–H and O–H groups in total. The standard InChI is InChI=1S/C17H18N2O3S/c1-10(2)22-14-6-4-12(5-7-14)16-11(3)23-17-18-13(8-15(20)21)9-19(16)17/h4-7,9-10H,8H2,1-3H3,(H,20,21). The predicted molar refractivity (Wildman–Crippen MR) is 90.3 cm³/mol. The normalized spacial score (nSPS) is 11.3. The second-order valence-corrected chi connectivity index (χ2v) is 6.83. The van der Waals surface area contributed by atoms with Gasteiger partial charge in [-0.05, 0) is 50.6 Å². The molecule has 0 aliphatic rings. The maximum atomic E-state index is 10.9. The number of benzene rings is 1. The molecule has 0 unspecified atom stereocenters. The van der Waals surface area contributed by atoms with Crippen molar-refractivity contribution in [3.8, 4) is 17.0 Å². The van der Waals surface area contributed by atoms with Crippen molar-refractivity contribution in [3.63, 3.8) is 0 Å². The number of ether oxygens (including phenoxy) is 1. The van der Waals surface area contributed by atoms with E-state index >= 15 is 0 Å². The van der Waals surface area contributed by atoms with Crippen LogP contribution in [0.15, 0.2) is 30.5 Å². The zero-order chi connectivity index (χ0) is 16.6. The number of carboxylic acids is 1. The smallest absolute Gasteiger partial charge is 0.309 e. The summed E-state index contributed by atoms with van der Waals surface area (Å²) in [6.45, 7) is 6.04. The van der Waals surface area contributed by atoms with E-state index in [9.17, 15) is 4.79 Å². The Labute approximate surface area is 138 Å². The number of hydrogen-bond acceptors (Lipinski definition) is 4. The molecule has 3 aromatic rings. The van der Waals surface area contributed by atoms with Gasteiger partial charge in [-0.2, -0.15) is 0 Å². The first kappa shape index (κ1) is 15.6. The lowest BCUT2D eigenvalue weighted by Crippen LogP contribution is -2.05. The summed E-state index contributed by atoms with van der Waals surface area (Å²) in [5.74, 6) is -0.0331. The summed E-state index contributed by atoms with van der Waals surface area (Å²) in [4.78, 5) is 17.2. The lowest BCUT2D eigenvalue weighted by Gasteiger charge is -2.10. The van der Waals surface area contributed by atoms with Gasteiger partial charge in [-0.3, -0.25) is 9.20 Å². The molecule has 0 radical (unpaired) electrons. The third kappa shape index (κ3) is 3.22. The molecule has 0 spiro atoms. The van der Waals surface area contributed by atoms with Crippen LogP contribution in [0.4, 0.5) is 0 Å². The molecule has 120 valence electrons. The minimum Gasteiger partial charge on any atom is -0.491 e. The van der Waals surface area contributed by atoms with Gasteiger partial charge >= 0.3 is 5.97 Å². The lowest BCUT2D eigenvalue weighted by molar-refractivity contribution is -0.136. The number of aromatic nitrogens is 2. The van der Waals surface area contributed by atoms with E-state index in [0.717, 1.165) is 26.8 Å². The Morgan fingerprint density at radius 2 is 2.04 bits per heavy atom. The molecule has 2 heterocycles. The van der Waals surface area contributed by atoms with Crippen molar-refractivity contribution >= 4 is 22.3 Å². The van der Waals surface area contributed by atoms with E-state index < -0.39 is 5.97 Å². The molecular formula is C17H18N2O3S. The fraction of sp³-hybridized carbons (Fsp3) is 0.294. The van der Waals surface area contributed by atoms with Crippen molar-refractivity contribution in [3.05, 3.63) is 41.0 Å². The monoisotopic (exact) mass is 330 g/mol. The predicted octanol–water partition coefficient (Wildman–Crippen LogP) is 3.79. The van der Waals surface area contributed by atoms with Gasteiger partial charge in [0.25, 0.3) is 0 Å². The lowest BCUT2D eigenvalue weighted by atomic mass is 10.1. The zero-order valence-corrected chi connectivity index (χ0v) is 14.1. The van der Waals surface area contributed by atoms with Gasteiger partial charge in [-0.15, -0.1) is 11.3 Å². The number of rotatable bonds is 5. The quantitative estimate of drug-likeness (QED) is 0.773. The first-order valence-electron chi connectivity index (χ1n) is 7.40. The summed E-state index contributed by atoms with van der Waals surface area (Å²) < 4.78 is 7.64. The maximum Gasteiger partial charge on any atom is 0.309 e. The Morgan fingerprint density at radius 1 is 1.35 bits per heavy atom. The molecule has 5 nitrogen and oxygen atoms in total. The molecule has 23 heavy (non-hydrogen) atoms. The van der Waals surface area contributed by atoms with Crippen molar-refractivity contribution in [1.82, 2.24) is 9.38 Å². The van der Waals surface area contributed by atoms with Crippen LogP contribution in [0.25, 0.3) is 16.2 Å². The number of carboxylic acid groups (broad SMARTS) is 1. The van der Waals surface area contributed by atoms with Crippen molar-refractivity contribution < 1.29 is 14.6 Å². The Bertz CT molecular complexity index is 847. The van der Waals surface area contributed by atoms with Gasteiger partial charge in [0.1, 0.15) is 5.75 Å². The Balaban J connectivity index is 1.99. The highest BCUT2D eigenvalue weighted by atomic mass is 32.1. The molecule has 0 saturated heterocycles. The van der Waals surface area contributed by atoms with Crippen LogP contribution in [0, 0.1) is 6.92 Å². The zero-order valence-electron chi connectivity index (χ0n) is 13.2. The molecule has 6 heteroatoms.